The van der Waals surface area contributed by atoms with E-state index in [2.05, 4.69) is 20.3 Å². The molecule has 47 heavy (non-hydrogen) atoms. The summed E-state index contributed by atoms with van der Waals surface area (Å²) in [4.78, 5) is 17.3. The normalized spacial score (nSPS) is 23.5. The molecule has 4 aromatic rings. The molecular weight excluding hydrogens is 663 g/mol. The number of fused-ring (bicyclic) bond motifs is 3. The van der Waals surface area contributed by atoms with E-state index >= 15 is 13.2 Å². The number of benzene rings is 1. The molecule has 3 fully saturated rings. The number of nitrogens with one attached hydrogen (secondary N) is 1. The molecule has 0 spiro atoms. The Bertz CT molecular complexity index is 1930. The lowest BCUT2D eigenvalue weighted by Crippen LogP contribution is -2.50. The van der Waals surface area contributed by atoms with Crippen molar-refractivity contribution in [3.05, 3.63) is 35.0 Å². The zero-order valence-corrected chi connectivity index (χ0v) is 26.8. The van der Waals surface area contributed by atoms with Crippen LogP contribution in [-0.2, 0) is 5.38 Å². The number of nitriles is 1. The number of hydrogen-bond acceptors (Lipinski definition) is 10. The second-order valence-corrected chi connectivity index (χ2v) is 13.8. The van der Waals surface area contributed by atoms with Crippen LogP contribution < -0.4 is 20.7 Å². The van der Waals surface area contributed by atoms with Crippen molar-refractivity contribution in [2.45, 2.75) is 55.7 Å². The molecule has 1 aromatic carbocycles. The van der Waals surface area contributed by atoms with Gasteiger partial charge in [-0.1, -0.05) is 6.92 Å². The first-order chi connectivity index (χ1) is 22.4. The fraction of sp³-hybridized carbons (Fsp3) is 0.484. The quantitative estimate of drug-likeness (QED) is 0.176. The average Bonchev–Trinajstić information content (AvgIpc) is 3.68. The van der Waals surface area contributed by atoms with Crippen molar-refractivity contribution in [3.63, 3.8) is 0 Å². The van der Waals surface area contributed by atoms with Gasteiger partial charge in [0.1, 0.15) is 41.3 Å². The smallest absolute Gasteiger partial charge is 0.352 e. The Morgan fingerprint density at radius 2 is 2.06 bits per heavy atom. The van der Waals surface area contributed by atoms with Crippen molar-refractivity contribution in [2.24, 2.45) is 0 Å². The molecule has 0 amide bonds. The molecule has 3 aliphatic heterocycles. The Labute approximate surface area is 275 Å². The van der Waals surface area contributed by atoms with Crippen LogP contribution in [0.2, 0.25) is 0 Å². The number of nitrogen functional groups attached to an aromatic ring is 1. The topological polar surface area (TPSA) is 116 Å². The summed E-state index contributed by atoms with van der Waals surface area (Å²) in [7, 11) is 0. The molecule has 3 saturated heterocycles. The maximum absolute atomic E-state index is 15.7. The standard InChI is InChI=1S/C31H30ClF5N8OS/c1-2-16-13-44(7-5-40-16)28-18-11-41-25(22-19(34)8-20(35)26-21(22)17(10-38)27(39)47-26)23(31(32,36)37)24(18)42-29(43-28)46-14-30-4-3-6-45(30)12-15(33)9-30/h8,11,15-16,40H,2-7,9,12-14,39H2,1H3/t15-,16?,30+/m0/s1. The third-order valence-electron chi connectivity index (χ3n) is 9.51. The number of nitrogens with zero attached hydrogens (tertiary/aromatic N) is 6. The number of hydrogen-bond donors (Lipinski definition) is 2. The molecule has 3 N–H and O–H groups in total. The van der Waals surface area contributed by atoms with Crippen LogP contribution in [0.1, 0.15) is 43.7 Å². The number of thiophene rings is 1. The fourth-order valence-electron chi connectivity index (χ4n) is 7.32. The van der Waals surface area contributed by atoms with Gasteiger partial charge in [-0.25, -0.2) is 13.2 Å². The Balaban J connectivity index is 1.46. The van der Waals surface area contributed by atoms with Crippen molar-refractivity contribution in [1.29, 1.82) is 5.26 Å². The summed E-state index contributed by atoms with van der Waals surface area (Å²) >= 11 is 6.47. The summed E-state index contributed by atoms with van der Waals surface area (Å²) in [6, 6.07) is 2.22. The van der Waals surface area contributed by atoms with Crippen LogP contribution in [0.5, 0.6) is 6.01 Å². The number of aromatic nitrogens is 3. The van der Waals surface area contributed by atoms with E-state index in [1.54, 1.807) is 0 Å². The summed E-state index contributed by atoms with van der Waals surface area (Å²) in [5, 5.41) is 8.76. The van der Waals surface area contributed by atoms with Gasteiger partial charge >= 0.3 is 11.4 Å². The minimum atomic E-state index is -4.17. The van der Waals surface area contributed by atoms with Crippen LogP contribution >= 0.6 is 22.9 Å². The average molecular weight is 693 g/mol. The predicted octanol–water partition coefficient (Wildman–Crippen LogP) is 6.07. The highest BCUT2D eigenvalue weighted by Crippen LogP contribution is 2.48. The minimum Gasteiger partial charge on any atom is -0.461 e. The lowest BCUT2D eigenvalue weighted by atomic mass is 9.95. The molecule has 0 saturated carbocycles. The summed E-state index contributed by atoms with van der Waals surface area (Å²) in [5.41, 5.74) is 2.61. The van der Waals surface area contributed by atoms with Gasteiger partial charge in [-0.05, 0) is 37.4 Å². The van der Waals surface area contributed by atoms with E-state index in [0.29, 0.717) is 50.0 Å². The summed E-state index contributed by atoms with van der Waals surface area (Å²) in [5.74, 6) is -1.98. The van der Waals surface area contributed by atoms with Crippen LogP contribution in [0.25, 0.3) is 32.2 Å². The van der Waals surface area contributed by atoms with E-state index in [0.717, 1.165) is 19.4 Å². The van der Waals surface area contributed by atoms with Gasteiger partial charge in [-0.2, -0.15) is 24.0 Å². The number of nitrogens with two attached hydrogens (primary N) is 1. The monoisotopic (exact) mass is 692 g/mol. The maximum Gasteiger partial charge on any atom is 0.352 e. The van der Waals surface area contributed by atoms with E-state index in [1.165, 1.54) is 6.20 Å². The zero-order chi connectivity index (χ0) is 33.2. The molecule has 0 aliphatic carbocycles. The van der Waals surface area contributed by atoms with E-state index < -0.39 is 45.5 Å². The predicted molar refractivity (Wildman–Crippen MR) is 170 cm³/mol. The lowest BCUT2D eigenvalue weighted by molar-refractivity contribution is 0.0965. The second kappa shape index (κ2) is 11.8. The van der Waals surface area contributed by atoms with Crippen molar-refractivity contribution in [3.8, 4) is 23.3 Å². The van der Waals surface area contributed by atoms with Gasteiger partial charge in [0.25, 0.3) is 0 Å². The van der Waals surface area contributed by atoms with Crippen LogP contribution in [0.15, 0.2) is 12.3 Å². The number of ether oxygens (including phenoxy) is 1. The number of piperazine rings is 1. The van der Waals surface area contributed by atoms with Gasteiger partial charge in [-0.3, -0.25) is 9.88 Å². The minimum absolute atomic E-state index is 0.0367. The highest BCUT2D eigenvalue weighted by molar-refractivity contribution is 7.23. The summed E-state index contributed by atoms with van der Waals surface area (Å²) in [6.07, 6.45) is 2.87. The Hall–Kier alpha value is -3.58. The van der Waals surface area contributed by atoms with Crippen molar-refractivity contribution in [2.75, 3.05) is 50.0 Å². The van der Waals surface area contributed by atoms with Crippen LogP contribution in [0.4, 0.5) is 32.8 Å². The number of rotatable bonds is 7. The molecule has 3 aromatic heterocycles. The van der Waals surface area contributed by atoms with Gasteiger partial charge in [0.05, 0.1) is 38.0 Å². The molecule has 3 atom stereocenters. The molecule has 248 valence electrons. The zero-order valence-electron chi connectivity index (χ0n) is 25.2. The molecule has 6 heterocycles. The summed E-state index contributed by atoms with van der Waals surface area (Å²) in [6.45, 7) is 4.63. The number of halogens is 6. The maximum atomic E-state index is 15.7. The second-order valence-electron chi connectivity index (χ2n) is 12.3. The van der Waals surface area contributed by atoms with Gasteiger partial charge in [-0.15, -0.1) is 11.3 Å². The molecular formula is C31H30ClF5N8OS. The number of pyridine rings is 1. The van der Waals surface area contributed by atoms with E-state index in [-0.39, 0.29) is 62.5 Å². The van der Waals surface area contributed by atoms with Gasteiger partial charge in [0.15, 0.2) is 0 Å². The third kappa shape index (κ3) is 5.39. The fourth-order valence-corrected chi connectivity index (χ4v) is 8.43. The highest BCUT2D eigenvalue weighted by atomic mass is 35.5. The molecule has 0 bridgehead atoms. The largest absolute Gasteiger partial charge is 0.461 e. The Morgan fingerprint density at radius 1 is 1.26 bits per heavy atom. The Kier molecular flexibility index (Phi) is 8.05. The van der Waals surface area contributed by atoms with Crippen molar-refractivity contribution in [1.82, 2.24) is 25.2 Å². The Morgan fingerprint density at radius 3 is 2.81 bits per heavy atom. The van der Waals surface area contributed by atoms with Gasteiger partial charge in [0, 0.05) is 61.9 Å². The SMILES string of the molecule is CCC1CN(c2nc(OC[C@]34CCCN3C[C@@H](F)C4)nc3c(C(F)(F)Cl)c(-c4c(F)cc(F)c5sc(N)c(C#N)c45)ncc23)CCN1. The first kappa shape index (κ1) is 32.0. The van der Waals surface area contributed by atoms with Crippen molar-refractivity contribution < 1.29 is 26.7 Å². The van der Waals surface area contributed by atoms with Crippen molar-refractivity contribution >= 4 is 54.7 Å². The van der Waals surface area contributed by atoms with Crippen LogP contribution in [0, 0.1) is 23.0 Å². The van der Waals surface area contributed by atoms with Crippen LogP contribution in [0.3, 0.4) is 0 Å². The first-order valence-corrected chi connectivity index (χ1v) is 16.5. The van der Waals surface area contributed by atoms with Crippen LogP contribution in [-0.4, -0.2) is 76.9 Å². The highest BCUT2D eigenvalue weighted by Gasteiger charge is 2.49. The summed E-state index contributed by atoms with van der Waals surface area (Å²) < 4.78 is 82.4. The number of alkyl halides is 4. The first-order valence-electron chi connectivity index (χ1n) is 15.3. The van der Waals surface area contributed by atoms with Gasteiger partial charge < -0.3 is 20.7 Å². The molecule has 7 rings (SSSR count). The van der Waals surface area contributed by atoms with E-state index in [1.807, 2.05) is 22.8 Å². The molecule has 9 nitrogen and oxygen atoms in total. The number of anilines is 2. The molecule has 1 unspecified atom stereocenters. The molecule has 3 aliphatic rings. The van der Waals surface area contributed by atoms with Gasteiger partial charge in [0.2, 0.25) is 0 Å². The van der Waals surface area contributed by atoms with E-state index in [4.69, 9.17) is 22.1 Å². The third-order valence-corrected chi connectivity index (χ3v) is 10.7. The lowest BCUT2D eigenvalue weighted by Gasteiger charge is -2.35. The molecule has 0 radical (unpaired) electrons. The molecule has 16 heteroatoms. The van der Waals surface area contributed by atoms with E-state index in [9.17, 15) is 14.0 Å².